The molecule has 1 saturated heterocycles. The SMILES string of the molecule is Cn1nc(F)cc1C(=O)Nc1cc([C@@H]2C[C@H](NC(=O)OC(C)(C)C)CO2)[nH]n1. The van der Waals surface area contributed by atoms with E-state index in [-0.39, 0.29) is 23.7 Å². The van der Waals surface area contributed by atoms with Gasteiger partial charge in [-0.2, -0.15) is 9.49 Å². The Morgan fingerprint density at radius 2 is 2.14 bits per heavy atom. The number of carbonyl (C=O) groups is 2. The minimum atomic E-state index is -0.738. The average Bonchev–Trinajstić information content (AvgIpc) is 3.26. The summed E-state index contributed by atoms with van der Waals surface area (Å²) >= 11 is 0. The molecule has 28 heavy (non-hydrogen) atoms. The zero-order valence-corrected chi connectivity index (χ0v) is 16.1. The van der Waals surface area contributed by atoms with E-state index in [1.807, 2.05) is 0 Å². The number of rotatable bonds is 4. The number of hydrogen-bond donors (Lipinski definition) is 3. The lowest BCUT2D eigenvalue weighted by molar-refractivity contribution is 0.0494. The number of amides is 2. The second-order valence-electron chi connectivity index (χ2n) is 7.54. The summed E-state index contributed by atoms with van der Waals surface area (Å²) in [5, 5.41) is 15.7. The molecule has 2 atom stereocenters. The van der Waals surface area contributed by atoms with Crippen molar-refractivity contribution < 1.29 is 23.5 Å². The number of ether oxygens (including phenoxy) is 2. The van der Waals surface area contributed by atoms with Gasteiger partial charge < -0.3 is 20.1 Å². The van der Waals surface area contributed by atoms with Crippen molar-refractivity contribution in [3.05, 3.63) is 29.5 Å². The van der Waals surface area contributed by atoms with Gasteiger partial charge in [0, 0.05) is 25.6 Å². The molecule has 0 unspecified atom stereocenters. The largest absolute Gasteiger partial charge is 0.444 e. The molecule has 152 valence electrons. The normalized spacial score (nSPS) is 19.5. The van der Waals surface area contributed by atoms with E-state index in [1.165, 1.54) is 7.05 Å². The Balaban J connectivity index is 1.55. The molecule has 0 bridgehead atoms. The number of alkyl carbamates (subject to hydrolysis) is 1. The fourth-order valence-electron chi connectivity index (χ4n) is 2.81. The predicted molar refractivity (Wildman–Crippen MR) is 96.2 cm³/mol. The van der Waals surface area contributed by atoms with Crippen LogP contribution >= 0.6 is 0 Å². The number of nitrogens with one attached hydrogen (secondary N) is 3. The Morgan fingerprint density at radius 1 is 1.39 bits per heavy atom. The van der Waals surface area contributed by atoms with Crippen molar-refractivity contribution in [2.75, 3.05) is 11.9 Å². The zero-order chi connectivity index (χ0) is 20.5. The first-order valence-electron chi connectivity index (χ1n) is 8.78. The highest BCUT2D eigenvalue weighted by molar-refractivity contribution is 6.02. The third-order valence-corrected chi connectivity index (χ3v) is 3.99. The van der Waals surface area contributed by atoms with Gasteiger partial charge in [0.2, 0.25) is 5.95 Å². The molecular formula is C17H23FN6O4. The second-order valence-corrected chi connectivity index (χ2v) is 7.54. The first kappa shape index (κ1) is 19.8. The molecule has 0 aromatic carbocycles. The van der Waals surface area contributed by atoms with Crippen LogP contribution in [0.4, 0.5) is 15.0 Å². The summed E-state index contributed by atoms with van der Waals surface area (Å²) in [7, 11) is 1.47. The maximum Gasteiger partial charge on any atom is 0.407 e. The summed E-state index contributed by atoms with van der Waals surface area (Å²) in [5.74, 6) is -0.999. The van der Waals surface area contributed by atoms with Crippen LogP contribution in [0.5, 0.6) is 0 Å². The van der Waals surface area contributed by atoms with Crippen LogP contribution in [0.2, 0.25) is 0 Å². The fourth-order valence-corrected chi connectivity index (χ4v) is 2.81. The Labute approximate surface area is 160 Å². The molecule has 10 nitrogen and oxygen atoms in total. The molecule has 2 amide bonds. The van der Waals surface area contributed by atoms with Crippen LogP contribution in [-0.4, -0.2) is 50.2 Å². The van der Waals surface area contributed by atoms with E-state index in [1.54, 1.807) is 26.8 Å². The van der Waals surface area contributed by atoms with Gasteiger partial charge in [-0.25, -0.2) is 4.79 Å². The quantitative estimate of drug-likeness (QED) is 0.728. The molecule has 1 aliphatic heterocycles. The van der Waals surface area contributed by atoms with E-state index < -0.39 is 23.5 Å². The molecule has 3 N–H and O–H groups in total. The Kier molecular flexibility index (Phi) is 5.36. The van der Waals surface area contributed by atoms with Crippen LogP contribution in [0.15, 0.2) is 12.1 Å². The number of nitrogens with zero attached hydrogens (tertiary/aromatic N) is 3. The number of hydrogen-bond acceptors (Lipinski definition) is 6. The molecule has 1 aliphatic rings. The van der Waals surface area contributed by atoms with Crippen molar-refractivity contribution in [3.8, 4) is 0 Å². The van der Waals surface area contributed by atoms with Gasteiger partial charge in [0.15, 0.2) is 5.82 Å². The first-order chi connectivity index (χ1) is 13.1. The zero-order valence-electron chi connectivity index (χ0n) is 16.1. The van der Waals surface area contributed by atoms with Gasteiger partial charge >= 0.3 is 6.09 Å². The van der Waals surface area contributed by atoms with Gasteiger partial charge in [0.05, 0.1) is 18.3 Å². The van der Waals surface area contributed by atoms with Crippen molar-refractivity contribution in [3.63, 3.8) is 0 Å². The van der Waals surface area contributed by atoms with Crippen LogP contribution in [0.1, 0.15) is 49.5 Å². The molecular weight excluding hydrogens is 371 g/mol. The molecule has 11 heteroatoms. The molecule has 1 fully saturated rings. The summed E-state index contributed by atoms with van der Waals surface area (Å²) in [6, 6.07) is 2.47. The van der Waals surface area contributed by atoms with E-state index in [9.17, 15) is 14.0 Å². The number of aryl methyl sites for hydroxylation is 1. The Bertz CT molecular complexity index is 871. The number of aromatic nitrogens is 4. The molecule has 0 radical (unpaired) electrons. The molecule has 2 aromatic heterocycles. The number of anilines is 1. The first-order valence-corrected chi connectivity index (χ1v) is 8.78. The standard InChI is InChI=1S/C17H23FN6O4/c1-17(2,3)28-16(26)19-9-5-12(27-8-9)10-6-14(22-21-10)20-15(25)11-7-13(18)23-24(11)4/h6-7,9,12H,5,8H2,1-4H3,(H,19,26)(H2,20,21,22,25)/t9-,12-/m0/s1. The fraction of sp³-hybridized carbons (Fsp3) is 0.529. The van der Waals surface area contributed by atoms with Crippen molar-refractivity contribution in [2.24, 2.45) is 7.05 Å². The van der Waals surface area contributed by atoms with Crippen LogP contribution in [-0.2, 0) is 16.5 Å². The lowest BCUT2D eigenvalue weighted by atomic mass is 10.1. The summed E-state index contributed by atoms with van der Waals surface area (Å²) in [5.41, 5.74) is 0.150. The third-order valence-electron chi connectivity index (χ3n) is 3.99. The number of aromatic amines is 1. The van der Waals surface area contributed by atoms with Gasteiger partial charge in [0.1, 0.15) is 17.4 Å². The highest BCUT2D eigenvalue weighted by Crippen LogP contribution is 2.29. The third kappa shape index (κ3) is 4.85. The topological polar surface area (TPSA) is 123 Å². The van der Waals surface area contributed by atoms with Gasteiger partial charge in [-0.05, 0) is 20.8 Å². The second kappa shape index (κ2) is 7.58. The van der Waals surface area contributed by atoms with Crippen LogP contribution in [0, 0.1) is 5.95 Å². The van der Waals surface area contributed by atoms with E-state index in [0.29, 0.717) is 18.7 Å². The smallest absolute Gasteiger partial charge is 0.407 e. The lowest BCUT2D eigenvalue weighted by Gasteiger charge is -2.21. The maximum atomic E-state index is 13.1. The van der Waals surface area contributed by atoms with E-state index >= 15 is 0 Å². The van der Waals surface area contributed by atoms with Gasteiger partial charge in [-0.1, -0.05) is 0 Å². The van der Waals surface area contributed by atoms with Crippen LogP contribution in [0.25, 0.3) is 0 Å². The highest BCUT2D eigenvalue weighted by Gasteiger charge is 2.30. The predicted octanol–water partition coefficient (Wildman–Crippen LogP) is 1.89. The van der Waals surface area contributed by atoms with Crippen molar-refractivity contribution >= 4 is 17.8 Å². The number of H-pyrrole nitrogens is 1. The Morgan fingerprint density at radius 3 is 2.79 bits per heavy atom. The van der Waals surface area contributed by atoms with Crippen molar-refractivity contribution in [1.82, 2.24) is 25.3 Å². The summed E-state index contributed by atoms with van der Waals surface area (Å²) in [6.45, 7) is 5.71. The molecule has 0 aliphatic carbocycles. The van der Waals surface area contributed by atoms with E-state index in [4.69, 9.17) is 9.47 Å². The highest BCUT2D eigenvalue weighted by atomic mass is 19.1. The molecule has 3 heterocycles. The van der Waals surface area contributed by atoms with E-state index in [0.717, 1.165) is 10.7 Å². The average molecular weight is 394 g/mol. The lowest BCUT2D eigenvalue weighted by Crippen LogP contribution is -2.39. The monoisotopic (exact) mass is 394 g/mol. The molecule has 0 saturated carbocycles. The maximum absolute atomic E-state index is 13.1. The van der Waals surface area contributed by atoms with Gasteiger partial charge in [0.25, 0.3) is 5.91 Å². The number of carbonyl (C=O) groups excluding carboxylic acids is 2. The van der Waals surface area contributed by atoms with Crippen LogP contribution < -0.4 is 10.6 Å². The molecule has 3 rings (SSSR count). The van der Waals surface area contributed by atoms with Gasteiger partial charge in [-0.3, -0.25) is 14.6 Å². The summed E-state index contributed by atoms with van der Waals surface area (Å²) < 4.78 is 25.2. The summed E-state index contributed by atoms with van der Waals surface area (Å²) in [4.78, 5) is 24.0. The molecule has 2 aromatic rings. The van der Waals surface area contributed by atoms with E-state index in [2.05, 4.69) is 25.9 Å². The van der Waals surface area contributed by atoms with Gasteiger partial charge in [-0.15, -0.1) is 5.10 Å². The minimum Gasteiger partial charge on any atom is -0.444 e. The van der Waals surface area contributed by atoms with Crippen molar-refractivity contribution in [1.29, 1.82) is 0 Å². The summed E-state index contributed by atoms with van der Waals surface area (Å²) in [6.07, 6.45) is -0.281. The van der Waals surface area contributed by atoms with Crippen molar-refractivity contribution in [2.45, 2.75) is 44.9 Å². The number of halogens is 1. The Hall–Kier alpha value is -2.95. The molecule has 0 spiro atoms. The van der Waals surface area contributed by atoms with Crippen LogP contribution in [0.3, 0.4) is 0 Å². The minimum absolute atomic E-state index is 0.0702.